The number of amides is 1. The van der Waals surface area contributed by atoms with Crippen LogP contribution in [0, 0.1) is 0 Å². The number of hydrogen-bond donors (Lipinski definition) is 0. The molecule has 0 N–H and O–H groups in total. The first-order chi connectivity index (χ1) is 12.7. The van der Waals surface area contributed by atoms with Crippen molar-refractivity contribution in [3.05, 3.63) is 83.9 Å². The zero-order valence-corrected chi connectivity index (χ0v) is 14.8. The van der Waals surface area contributed by atoms with E-state index in [1.165, 1.54) is 23.0 Å². The summed E-state index contributed by atoms with van der Waals surface area (Å²) >= 11 is 0. The topological polar surface area (TPSA) is 51.0 Å². The monoisotopic (exact) mass is 346 g/mol. The average Bonchev–Trinajstić information content (AvgIpc) is 3.23. The van der Waals surface area contributed by atoms with E-state index in [9.17, 15) is 4.79 Å². The quantitative estimate of drug-likeness (QED) is 0.729. The Bertz CT molecular complexity index is 876. The van der Waals surface area contributed by atoms with E-state index in [2.05, 4.69) is 46.5 Å². The van der Waals surface area contributed by atoms with E-state index in [4.69, 9.17) is 0 Å². The van der Waals surface area contributed by atoms with Crippen LogP contribution in [0.2, 0.25) is 0 Å². The van der Waals surface area contributed by atoms with E-state index in [0.29, 0.717) is 0 Å². The molecule has 2 unspecified atom stereocenters. The minimum absolute atomic E-state index is 0.0424. The Hall–Kier alpha value is -2.95. The highest BCUT2D eigenvalue weighted by Crippen LogP contribution is 2.33. The van der Waals surface area contributed by atoms with Crippen molar-refractivity contribution in [1.29, 1.82) is 0 Å². The summed E-state index contributed by atoms with van der Waals surface area (Å²) in [5.74, 6) is 0.0888. The van der Waals surface area contributed by atoms with Gasteiger partial charge in [-0.2, -0.15) is 5.10 Å². The Morgan fingerprint density at radius 3 is 2.69 bits per heavy atom. The van der Waals surface area contributed by atoms with Gasteiger partial charge in [0.25, 0.3) is 0 Å². The first-order valence-electron chi connectivity index (χ1n) is 9.00. The zero-order chi connectivity index (χ0) is 17.9. The molecular weight excluding hydrogens is 324 g/mol. The van der Waals surface area contributed by atoms with E-state index in [-0.39, 0.29) is 18.0 Å². The molecule has 0 saturated heterocycles. The predicted molar refractivity (Wildman–Crippen MR) is 99.5 cm³/mol. The van der Waals surface area contributed by atoms with Crippen molar-refractivity contribution in [3.8, 4) is 0 Å². The molecular formula is C21H22N4O. The molecule has 2 heterocycles. The first-order valence-corrected chi connectivity index (χ1v) is 9.00. The molecule has 0 saturated carbocycles. The van der Waals surface area contributed by atoms with Gasteiger partial charge in [-0.3, -0.25) is 4.79 Å². The number of aromatic nitrogens is 3. The fourth-order valence-corrected chi connectivity index (χ4v) is 3.74. The minimum atomic E-state index is -0.360. The zero-order valence-electron chi connectivity index (χ0n) is 14.8. The smallest absolute Gasteiger partial charge is 0.247 e. The predicted octanol–water partition coefficient (Wildman–Crippen LogP) is 3.21. The van der Waals surface area contributed by atoms with Crippen LogP contribution in [0.1, 0.15) is 35.7 Å². The summed E-state index contributed by atoms with van der Waals surface area (Å²) in [5.41, 5.74) is 3.83. The molecule has 0 aliphatic carbocycles. The number of carbonyl (C=O) groups is 1. The van der Waals surface area contributed by atoms with Crippen molar-refractivity contribution in [3.63, 3.8) is 0 Å². The van der Waals surface area contributed by atoms with Crippen LogP contribution >= 0.6 is 0 Å². The summed E-state index contributed by atoms with van der Waals surface area (Å²) in [6.07, 6.45) is 4.77. The Balaban J connectivity index is 1.67. The number of carbonyl (C=O) groups excluding carboxylic acids is 1. The van der Waals surface area contributed by atoms with E-state index in [1.807, 2.05) is 30.0 Å². The van der Waals surface area contributed by atoms with Crippen LogP contribution in [0.3, 0.4) is 0 Å². The lowest BCUT2D eigenvalue weighted by Gasteiger charge is -2.39. The van der Waals surface area contributed by atoms with Crippen LogP contribution in [-0.2, 0) is 17.6 Å². The van der Waals surface area contributed by atoms with E-state index < -0.39 is 0 Å². The van der Waals surface area contributed by atoms with Crippen LogP contribution < -0.4 is 0 Å². The highest BCUT2D eigenvalue weighted by atomic mass is 16.2. The highest BCUT2D eigenvalue weighted by molar-refractivity contribution is 5.81. The van der Waals surface area contributed by atoms with Crippen molar-refractivity contribution in [2.45, 2.75) is 31.8 Å². The number of hydrogen-bond acceptors (Lipinski definition) is 3. The summed E-state index contributed by atoms with van der Waals surface area (Å²) in [6.45, 7) is 2.61. The van der Waals surface area contributed by atoms with Crippen molar-refractivity contribution in [2.75, 3.05) is 6.54 Å². The van der Waals surface area contributed by atoms with E-state index in [0.717, 1.165) is 19.4 Å². The molecule has 132 valence electrons. The van der Waals surface area contributed by atoms with E-state index >= 15 is 0 Å². The molecule has 1 aromatic heterocycles. The molecule has 0 spiro atoms. The maximum Gasteiger partial charge on any atom is 0.247 e. The fraction of sp³-hybridized carbons (Fsp3) is 0.286. The molecule has 26 heavy (non-hydrogen) atoms. The first kappa shape index (κ1) is 16.5. The van der Waals surface area contributed by atoms with Gasteiger partial charge in [-0.25, -0.2) is 9.67 Å². The van der Waals surface area contributed by atoms with Gasteiger partial charge in [0.15, 0.2) is 0 Å². The van der Waals surface area contributed by atoms with Crippen LogP contribution in [0.25, 0.3) is 0 Å². The van der Waals surface area contributed by atoms with Gasteiger partial charge in [-0.1, -0.05) is 54.6 Å². The second kappa shape index (κ2) is 7.12. The molecule has 0 radical (unpaired) electrons. The number of benzene rings is 2. The van der Waals surface area contributed by atoms with Crippen molar-refractivity contribution >= 4 is 5.91 Å². The van der Waals surface area contributed by atoms with Gasteiger partial charge in [-0.15, -0.1) is 0 Å². The molecule has 0 fully saturated rings. The van der Waals surface area contributed by atoms with Gasteiger partial charge in [0.2, 0.25) is 5.91 Å². The molecule has 1 aliphatic rings. The molecule has 5 heteroatoms. The third-order valence-electron chi connectivity index (χ3n) is 5.16. The molecule has 2 atom stereocenters. The van der Waals surface area contributed by atoms with Gasteiger partial charge in [0, 0.05) is 6.54 Å². The molecule has 1 aliphatic heterocycles. The third-order valence-corrected chi connectivity index (χ3v) is 5.16. The third kappa shape index (κ3) is 3.12. The second-order valence-corrected chi connectivity index (χ2v) is 6.74. The van der Waals surface area contributed by atoms with E-state index in [1.54, 1.807) is 11.0 Å². The van der Waals surface area contributed by atoms with Crippen LogP contribution in [0.4, 0.5) is 0 Å². The van der Waals surface area contributed by atoms with Gasteiger partial charge in [0.1, 0.15) is 18.7 Å². The maximum atomic E-state index is 13.2. The Morgan fingerprint density at radius 1 is 1.15 bits per heavy atom. The molecule has 1 amide bonds. The van der Waals surface area contributed by atoms with Gasteiger partial charge < -0.3 is 4.90 Å². The molecule has 0 bridgehead atoms. The fourth-order valence-electron chi connectivity index (χ4n) is 3.74. The lowest BCUT2D eigenvalue weighted by atomic mass is 9.88. The SMILES string of the molecule is CC(C(=O)N1CCc2ccccc2C1Cc1ccccc1)n1cncn1. The average molecular weight is 346 g/mol. The standard InChI is InChI=1S/C21H22N4O/c1-16(25-15-22-14-23-25)21(26)24-12-11-18-9-5-6-10-19(18)20(24)13-17-7-3-2-4-8-17/h2-10,14-16,20H,11-13H2,1H3. The second-order valence-electron chi connectivity index (χ2n) is 6.74. The Morgan fingerprint density at radius 2 is 1.92 bits per heavy atom. The summed E-state index contributed by atoms with van der Waals surface area (Å²) in [4.78, 5) is 19.2. The van der Waals surface area contributed by atoms with Crippen molar-refractivity contribution in [1.82, 2.24) is 19.7 Å². The molecule has 5 nitrogen and oxygen atoms in total. The summed E-state index contributed by atoms with van der Waals surface area (Å²) < 4.78 is 1.63. The summed E-state index contributed by atoms with van der Waals surface area (Å²) in [5, 5.41) is 4.14. The largest absolute Gasteiger partial charge is 0.333 e. The number of rotatable bonds is 4. The summed E-state index contributed by atoms with van der Waals surface area (Å²) in [7, 11) is 0. The van der Waals surface area contributed by atoms with Gasteiger partial charge in [-0.05, 0) is 36.5 Å². The van der Waals surface area contributed by atoms with Crippen LogP contribution in [0.15, 0.2) is 67.3 Å². The number of fused-ring (bicyclic) bond motifs is 1. The minimum Gasteiger partial charge on any atom is -0.333 e. The highest BCUT2D eigenvalue weighted by Gasteiger charge is 2.33. The Labute approximate surface area is 153 Å². The van der Waals surface area contributed by atoms with Crippen LogP contribution in [-0.4, -0.2) is 32.1 Å². The maximum absolute atomic E-state index is 13.2. The molecule has 4 rings (SSSR count). The lowest BCUT2D eigenvalue weighted by Crippen LogP contribution is -2.44. The Kier molecular flexibility index (Phi) is 4.52. The summed E-state index contributed by atoms with van der Waals surface area (Å²) in [6, 6.07) is 18.5. The van der Waals surface area contributed by atoms with Crippen molar-refractivity contribution < 1.29 is 4.79 Å². The van der Waals surface area contributed by atoms with Gasteiger partial charge in [0.05, 0.1) is 6.04 Å². The molecule has 3 aromatic rings. The normalized spacial score (nSPS) is 17.6. The number of nitrogens with zero attached hydrogens (tertiary/aromatic N) is 4. The van der Waals surface area contributed by atoms with Crippen molar-refractivity contribution in [2.24, 2.45) is 0 Å². The lowest BCUT2D eigenvalue weighted by molar-refractivity contribution is -0.137. The van der Waals surface area contributed by atoms with Gasteiger partial charge >= 0.3 is 0 Å². The molecule has 2 aromatic carbocycles. The van der Waals surface area contributed by atoms with Crippen LogP contribution in [0.5, 0.6) is 0 Å².